The molecule has 4 aromatic heterocycles. The number of nitrogens with one attached hydrogen (secondary N) is 8. The van der Waals surface area contributed by atoms with Crippen molar-refractivity contribution in [3.05, 3.63) is 376 Å². The second kappa shape index (κ2) is 55.8. The molecule has 9 N–H and O–H groups in total. The standard InChI is InChI=1S/C29H31ClFN5.C26H27ClFN3.C22H25ClFN5O.C22H23ClFN5O.4CO2/c1-20-27(19-36-15-12-23(13-16-36)33-18-21-7-3-2-4-8-21)34-29(26-9-5-6-14-32-26)35-28(20)24-11-10-22(31)17-25(24)30;1-17(19-8-4-3-5-9-19)11-14-23-18(2)25(21-13-12-20(28)16-22(21)27)31-26(30-23)24-10-6-7-15-29-24;1-14-20(13-29-10-7-16(28-30)8-11-29)26-22(19-4-2-3-9-25-19)27-21(14)17-6-5-15(24)12-18(17)23;1-14-19(13-29-10-7-20(30)26-9-11-29)27-22(18-4-2-3-8-25-18)28-21(14)16-6-5-15(24)12-17(16)23;4*2-1-3/h2-11,14,17,28-29,34-35H,12-13,15-16,18-19H2,1H3;3-10,12-13,15-17,25-26,30-31H,11,14H2,1-2H3;2-6,9,12,21-22,26-27,30H,7-8,10-11,13H2,1H3;2-6,8,12,21H,7,9-11,13H2,1H3,(H,26,30)(H,27,28);;;;/t;17-,25?,26?;;;;;;/m.1....../s1. The molecular formula is C103H106Cl4F4N18O10. The molecule has 3 saturated heterocycles. The van der Waals surface area contributed by atoms with E-state index < -0.39 is 0 Å². The molecule has 0 spiro atoms. The first-order valence-corrected chi connectivity index (χ1v) is 46.2. The zero-order valence-electron chi connectivity index (χ0n) is 76.9. The lowest BCUT2D eigenvalue weighted by Gasteiger charge is -2.38. The minimum Gasteiger partial charge on any atom is -0.411 e. The molecule has 11 heterocycles. The van der Waals surface area contributed by atoms with Crippen LogP contribution in [-0.4, -0.2) is 153 Å². The highest BCUT2D eigenvalue weighted by Gasteiger charge is 2.36. The van der Waals surface area contributed by atoms with Crippen LogP contribution in [0.5, 0.6) is 0 Å². The van der Waals surface area contributed by atoms with E-state index in [0.717, 1.165) is 175 Å². The maximum Gasteiger partial charge on any atom is 0.373 e. The molecule has 8 atom stereocenters. The summed E-state index contributed by atoms with van der Waals surface area (Å²) in [4.78, 5) is 111. The van der Waals surface area contributed by atoms with Crippen LogP contribution in [0.1, 0.15) is 184 Å². The van der Waals surface area contributed by atoms with Crippen LogP contribution in [0, 0.1) is 23.3 Å². The Morgan fingerprint density at radius 2 is 0.799 bits per heavy atom. The summed E-state index contributed by atoms with van der Waals surface area (Å²) in [6, 6.07) is 61.6. The number of hydrogen-bond donors (Lipinski definition) is 9. The molecule has 7 aliphatic heterocycles. The van der Waals surface area contributed by atoms with Gasteiger partial charge in [-0.2, -0.15) is 38.4 Å². The van der Waals surface area contributed by atoms with Crippen molar-refractivity contribution < 1.29 is 65.9 Å². The predicted molar refractivity (Wildman–Crippen MR) is 517 cm³/mol. The number of nitrogens with zero attached hydrogens (tertiary/aromatic N) is 10. The number of aliphatic imine (C=N–C) groups is 2. The molecule has 139 heavy (non-hydrogen) atoms. The summed E-state index contributed by atoms with van der Waals surface area (Å²) in [7, 11) is 0. The van der Waals surface area contributed by atoms with E-state index in [4.69, 9.17) is 100.0 Å². The van der Waals surface area contributed by atoms with Crippen molar-refractivity contribution in [2.45, 2.75) is 135 Å². The number of rotatable bonds is 20. The smallest absolute Gasteiger partial charge is 0.373 e. The van der Waals surface area contributed by atoms with Gasteiger partial charge in [0.15, 0.2) is 5.84 Å². The Morgan fingerprint density at radius 3 is 1.20 bits per heavy atom. The van der Waals surface area contributed by atoms with Crippen LogP contribution in [0.3, 0.4) is 0 Å². The van der Waals surface area contributed by atoms with Crippen LogP contribution in [0.4, 0.5) is 17.6 Å². The van der Waals surface area contributed by atoms with E-state index in [1.165, 1.54) is 76.6 Å². The van der Waals surface area contributed by atoms with Gasteiger partial charge in [0.25, 0.3) is 0 Å². The molecule has 0 saturated carbocycles. The number of benzene rings is 6. The van der Waals surface area contributed by atoms with Gasteiger partial charge < -0.3 is 31.8 Å². The fraction of sp³-hybridized carbons (Fsp3) is 0.301. The average Bonchev–Trinajstić information content (AvgIpc) is 1.06. The third-order valence-corrected chi connectivity index (χ3v) is 25.4. The zero-order chi connectivity index (χ0) is 99.7. The Labute approximate surface area is 823 Å². The van der Waals surface area contributed by atoms with E-state index in [1.807, 2.05) is 91.9 Å². The van der Waals surface area contributed by atoms with Gasteiger partial charge in [0.1, 0.15) is 53.5 Å². The van der Waals surface area contributed by atoms with Gasteiger partial charge in [-0.1, -0.05) is 168 Å². The summed E-state index contributed by atoms with van der Waals surface area (Å²) < 4.78 is 54.7. The molecule has 0 radical (unpaired) electrons. The number of amidine groups is 1. The van der Waals surface area contributed by atoms with Crippen LogP contribution >= 0.6 is 46.4 Å². The van der Waals surface area contributed by atoms with Crippen molar-refractivity contribution in [2.24, 2.45) is 15.1 Å². The van der Waals surface area contributed by atoms with Crippen molar-refractivity contribution in [3.8, 4) is 0 Å². The van der Waals surface area contributed by atoms with E-state index in [1.54, 1.807) is 49.1 Å². The van der Waals surface area contributed by atoms with Crippen molar-refractivity contribution in [3.63, 3.8) is 0 Å². The largest absolute Gasteiger partial charge is 0.411 e. The van der Waals surface area contributed by atoms with Crippen LogP contribution in [0.15, 0.2) is 291 Å². The number of likely N-dealkylation sites (tertiary alicyclic amines) is 2. The van der Waals surface area contributed by atoms with Gasteiger partial charge in [-0.3, -0.25) is 65.4 Å². The quantitative estimate of drug-likeness (QED) is 0.0194. The number of amides is 1. The summed E-state index contributed by atoms with van der Waals surface area (Å²) in [5, 5.41) is 42.0. The number of pyridine rings is 4. The van der Waals surface area contributed by atoms with E-state index in [2.05, 4.69) is 159 Å². The number of halogens is 8. The Bertz CT molecular complexity index is 6050. The molecule has 17 rings (SSSR count). The van der Waals surface area contributed by atoms with E-state index in [-0.39, 0.29) is 96.4 Å². The first-order valence-electron chi connectivity index (χ1n) is 44.7. The summed E-state index contributed by atoms with van der Waals surface area (Å²) in [5.74, 6) is -0.233. The minimum atomic E-state index is -0.379. The fourth-order valence-corrected chi connectivity index (χ4v) is 17.8. The van der Waals surface area contributed by atoms with Crippen molar-refractivity contribution >= 4 is 94.2 Å². The number of hydrogen-bond acceptors (Lipinski definition) is 27. The second-order valence-electron chi connectivity index (χ2n) is 33.0. The van der Waals surface area contributed by atoms with Gasteiger partial charge in [0.2, 0.25) is 5.91 Å². The highest BCUT2D eigenvalue weighted by molar-refractivity contribution is 6.32. The first-order chi connectivity index (χ1) is 67.3. The molecule has 724 valence electrons. The van der Waals surface area contributed by atoms with Crippen molar-refractivity contribution in [2.75, 3.05) is 65.4 Å². The first kappa shape index (κ1) is 108. The minimum absolute atomic E-state index is 0.0755. The third kappa shape index (κ3) is 32.0. The van der Waals surface area contributed by atoms with Crippen LogP contribution in [0.25, 0.3) is 0 Å². The lowest BCUT2D eigenvalue weighted by atomic mass is 9.90. The van der Waals surface area contributed by atoms with Crippen LogP contribution in [0.2, 0.25) is 20.1 Å². The molecule has 28 nitrogen and oxygen atoms in total. The van der Waals surface area contributed by atoms with Crippen LogP contribution < -0.4 is 42.5 Å². The van der Waals surface area contributed by atoms with Gasteiger partial charge in [-0.25, -0.2) is 17.6 Å². The number of aromatic nitrogens is 4. The average molecular weight is 1970 g/mol. The van der Waals surface area contributed by atoms with E-state index in [0.29, 0.717) is 57.9 Å². The molecule has 0 bridgehead atoms. The molecule has 36 heteroatoms. The molecule has 1 amide bonds. The maximum absolute atomic E-state index is 13.8. The lowest BCUT2D eigenvalue weighted by Crippen LogP contribution is -2.46. The summed E-state index contributed by atoms with van der Waals surface area (Å²) in [6.45, 7) is 19.2. The Balaban J connectivity index is 0.000000184. The Morgan fingerprint density at radius 1 is 0.432 bits per heavy atom. The van der Waals surface area contributed by atoms with Gasteiger partial charge in [-0.05, 0) is 212 Å². The summed E-state index contributed by atoms with van der Waals surface area (Å²) in [6.07, 6.45) is 13.4. The van der Waals surface area contributed by atoms with Gasteiger partial charge >= 0.3 is 24.6 Å². The lowest BCUT2D eigenvalue weighted by molar-refractivity contribution is -0.193. The van der Waals surface area contributed by atoms with E-state index in [9.17, 15) is 22.4 Å². The highest BCUT2D eigenvalue weighted by Crippen LogP contribution is 2.42. The predicted octanol–water partition coefficient (Wildman–Crippen LogP) is 17.2. The third-order valence-electron chi connectivity index (χ3n) is 24.1. The molecule has 7 unspecified atom stereocenters. The summed E-state index contributed by atoms with van der Waals surface area (Å²) >= 11 is 25.7. The molecule has 7 aliphatic rings. The van der Waals surface area contributed by atoms with Gasteiger partial charge in [0.05, 0.1) is 47.5 Å². The molecule has 6 aromatic carbocycles. The second-order valence-corrected chi connectivity index (χ2v) is 34.6. The number of allylic oxidation sites excluding steroid dienone is 1. The van der Waals surface area contributed by atoms with Crippen molar-refractivity contribution in [1.82, 2.24) is 77.2 Å². The van der Waals surface area contributed by atoms with Gasteiger partial charge in [0, 0.05) is 158 Å². The summed E-state index contributed by atoms with van der Waals surface area (Å²) in [5.41, 5.74) is 20.3. The maximum atomic E-state index is 13.8. The van der Waals surface area contributed by atoms with Crippen molar-refractivity contribution in [1.29, 1.82) is 0 Å². The SMILES string of the molecule is CC1=C(CC[C@@H](C)c2ccccc2)NC(c2ccccn2)NC1c1ccc(F)cc1Cl.CC1=C(CN2CCC(=NCc3ccccc3)CC2)NC(c2ccccn2)NC1c1ccc(F)cc1Cl.CC1=C(CN2CCC(=NO)CC2)NC(c2ccccn2)NC1c1ccc(F)cc1Cl.CC1=C(CN2CCNC(=O)CC2)NC(c2ccccn2)=NC1c1ccc(F)cc1Cl.O=C=O.O=C=O.O=C=O.O=C=O. The monoisotopic (exact) mass is 1970 g/mol. The van der Waals surface area contributed by atoms with Gasteiger partial charge in [-0.15, -0.1) is 0 Å². The molecule has 10 aromatic rings. The number of piperidine rings is 2. The number of oxime groups is 1. The van der Waals surface area contributed by atoms with E-state index >= 15 is 0 Å². The number of carbonyl (C=O) groups is 1. The Hall–Kier alpha value is -13.5. The van der Waals surface area contributed by atoms with Crippen LogP contribution in [-0.2, 0) is 49.7 Å². The molecule has 3 fully saturated rings. The molecule has 0 aliphatic carbocycles. The number of carbonyl (C=O) groups excluding carboxylic acids is 9. The normalized spacial score (nSPS) is 19.3. The fourth-order valence-electron chi connectivity index (χ4n) is 16.7. The Kier molecular flexibility index (Phi) is 43.2. The highest BCUT2D eigenvalue weighted by atomic mass is 35.5. The topological polar surface area (TPSA) is 368 Å². The molecular weight excluding hydrogens is 1870 g/mol. The zero-order valence-corrected chi connectivity index (χ0v) is 79.9.